The first-order valence-electron chi connectivity index (χ1n) is 23.8. The van der Waals surface area contributed by atoms with Gasteiger partial charge in [0.1, 0.15) is 29.8 Å². The third-order valence-electron chi connectivity index (χ3n) is 13.2. The van der Waals surface area contributed by atoms with E-state index in [2.05, 4.69) is 21.3 Å². The highest BCUT2D eigenvalue weighted by molar-refractivity contribution is 5.95. The Labute approximate surface area is 417 Å². The van der Waals surface area contributed by atoms with Crippen LogP contribution in [0.5, 0.6) is 0 Å². The summed E-state index contributed by atoms with van der Waals surface area (Å²) in [5.74, 6) is -4.20. The number of rotatable bonds is 18. The van der Waals surface area contributed by atoms with Crippen molar-refractivity contribution in [1.29, 1.82) is 0 Å². The van der Waals surface area contributed by atoms with E-state index in [1.807, 2.05) is 231 Å². The van der Waals surface area contributed by atoms with E-state index in [9.17, 15) is 29.1 Å². The van der Waals surface area contributed by atoms with E-state index >= 15 is 0 Å². The van der Waals surface area contributed by atoms with Crippen molar-refractivity contribution in [3.05, 3.63) is 275 Å². The molecule has 11 nitrogen and oxygen atoms in total. The first-order valence-corrected chi connectivity index (χ1v) is 23.8. The number of carbonyl (C=O) groups is 5. The lowest BCUT2D eigenvalue weighted by Gasteiger charge is -2.37. The molecule has 0 fully saturated rings. The summed E-state index contributed by atoms with van der Waals surface area (Å²) >= 11 is 0. The molecule has 9 rings (SSSR count). The van der Waals surface area contributed by atoms with E-state index in [0.29, 0.717) is 16.7 Å². The zero-order valence-corrected chi connectivity index (χ0v) is 39.2. The molecule has 8 aromatic rings. The third-order valence-corrected chi connectivity index (χ3v) is 13.2. The summed E-state index contributed by atoms with van der Waals surface area (Å²) in [6.07, 6.45) is -2.37. The first kappa shape index (κ1) is 48.0. The summed E-state index contributed by atoms with van der Waals surface area (Å²) in [7, 11) is 0. The third kappa shape index (κ3) is 9.99. The minimum absolute atomic E-state index is 0.0938. The Balaban J connectivity index is 1.02. The molecule has 0 aliphatic heterocycles. The van der Waals surface area contributed by atoms with Crippen LogP contribution in [-0.4, -0.2) is 53.6 Å². The highest BCUT2D eigenvalue weighted by atomic mass is 16.5. The van der Waals surface area contributed by atoms with Gasteiger partial charge in [0.25, 0.3) is 0 Å². The average molecular weight is 953 g/mol. The van der Waals surface area contributed by atoms with E-state index in [4.69, 9.17) is 4.74 Å². The molecule has 1 aliphatic carbocycles. The van der Waals surface area contributed by atoms with Gasteiger partial charge in [-0.15, -0.1) is 0 Å². The molecule has 358 valence electrons. The molecule has 0 saturated carbocycles. The SMILES string of the molecule is O=C(C[C@H](NC(=O)[C@H](CC(=O)NC(c1ccccc1)(c1ccccc1)c1ccccc1)NC(=O)OCC1c2ccccc2-c2ccccc21)C(=O)O)NC(c1ccccc1)(c1ccccc1)c1ccccc1. The highest BCUT2D eigenvalue weighted by Crippen LogP contribution is 2.45. The molecular formula is C61H52N4O7. The Morgan fingerprint density at radius 1 is 0.417 bits per heavy atom. The maximum absolute atomic E-state index is 14.8. The van der Waals surface area contributed by atoms with Crippen LogP contribution < -0.4 is 21.3 Å². The van der Waals surface area contributed by atoms with Crippen LogP contribution in [0.3, 0.4) is 0 Å². The predicted octanol–water partition coefficient (Wildman–Crippen LogP) is 9.46. The molecule has 1 aliphatic rings. The zero-order chi connectivity index (χ0) is 49.9. The molecule has 0 heterocycles. The van der Waals surface area contributed by atoms with E-state index in [0.717, 1.165) is 38.9 Å². The molecule has 5 N–H and O–H groups in total. The van der Waals surface area contributed by atoms with Crippen molar-refractivity contribution in [2.75, 3.05) is 6.61 Å². The van der Waals surface area contributed by atoms with E-state index in [1.165, 1.54) is 0 Å². The number of carboxylic acid groups (broad SMARTS) is 1. The second-order valence-electron chi connectivity index (χ2n) is 17.6. The van der Waals surface area contributed by atoms with Gasteiger partial charge >= 0.3 is 12.1 Å². The van der Waals surface area contributed by atoms with Crippen LogP contribution in [0, 0.1) is 0 Å². The Bertz CT molecular complexity index is 2920. The summed E-state index contributed by atoms with van der Waals surface area (Å²) in [5.41, 5.74) is 5.71. The molecule has 0 saturated heterocycles. The van der Waals surface area contributed by atoms with Crippen LogP contribution in [0.15, 0.2) is 231 Å². The second kappa shape index (κ2) is 21.7. The number of ether oxygens (including phenoxy) is 1. The quantitative estimate of drug-likeness (QED) is 0.0536. The largest absolute Gasteiger partial charge is 0.480 e. The van der Waals surface area contributed by atoms with Crippen LogP contribution in [0.1, 0.15) is 63.3 Å². The van der Waals surface area contributed by atoms with Gasteiger partial charge in [0.05, 0.1) is 12.8 Å². The fraction of sp³-hybridized carbons (Fsp3) is 0.131. The van der Waals surface area contributed by atoms with Crippen molar-refractivity contribution in [3.63, 3.8) is 0 Å². The van der Waals surface area contributed by atoms with Gasteiger partial charge in [-0.1, -0.05) is 231 Å². The van der Waals surface area contributed by atoms with Crippen molar-refractivity contribution < 1.29 is 33.8 Å². The predicted molar refractivity (Wildman–Crippen MR) is 275 cm³/mol. The Kier molecular flexibility index (Phi) is 14.4. The number of carbonyl (C=O) groups excluding carboxylic acids is 4. The average Bonchev–Trinajstić information content (AvgIpc) is 3.75. The Morgan fingerprint density at radius 3 is 1.06 bits per heavy atom. The van der Waals surface area contributed by atoms with Gasteiger partial charge in [-0.25, -0.2) is 9.59 Å². The smallest absolute Gasteiger partial charge is 0.407 e. The maximum Gasteiger partial charge on any atom is 0.407 e. The zero-order valence-electron chi connectivity index (χ0n) is 39.2. The van der Waals surface area contributed by atoms with Crippen molar-refractivity contribution in [1.82, 2.24) is 21.3 Å². The first-order chi connectivity index (χ1) is 35.2. The fourth-order valence-electron chi connectivity index (χ4n) is 9.92. The lowest BCUT2D eigenvalue weighted by atomic mass is 9.77. The van der Waals surface area contributed by atoms with Crippen LogP contribution in [0.25, 0.3) is 11.1 Å². The number of amides is 4. The van der Waals surface area contributed by atoms with Crippen molar-refractivity contribution in [2.45, 2.75) is 41.9 Å². The molecule has 0 unspecified atom stereocenters. The minimum Gasteiger partial charge on any atom is -0.480 e. The monoisotopic (exact) mass is 952 g/mol. The molecule has 0 bridgehead atoms. The topological polar surface area (TPSA) is 163 Å². The number of fused-ring (bicyclic) bond motifs is 3. The molecule has 8 aromatic carbocycles. The molecule has 11 heteroatoms. The van der Waals surface area contributed by atoms with Crippen LogP contribution in [-0.2, 0) is 35.0 Å². The maximum atomic E-state index is 14.8. The lowest BCUT2D eigenvalue weighted by molar-refractivity contribution is -0.144. The van der Waals surface area contributed by atoms with Gasteiger partial charge in [-0.05, 0) is 55.6 Å². The highest BCUT2D eigenvalue weighted by Gasteiger charge is 2.41. The molecule has 0 aromatic heterocycles. The second-order valence-corrected chi connectivity index (χ2v) is 17.6. The number of benzene rings is 8. The molecule has 72 heavy (non-hydrogen) atoms. The molecule has 0 spiro atoms. The summed E-state index contributed by atoms with van der Waals surface area (Å²) in [6.45, 7) is -0.0938. The van der Waals surface area contributed by atoms with E-state index in [1.54, 1.807) is 0 Å². The molecule has 4 amide bonds. The molecule has 0 radical (unpaired) electrons. The van der Waals surface area contributed by atoms with E-state index in [-0.39, 0.29) is 12.5 Å². The number of alkyl carbamates (subject to hydrolysis) is 1. The number of hydrogen-bond acceptors (Lipinski definition) is 6. The molecule has 2 atom stereocenters. The van der Waals surface area contributed by atoms with Crippen LogP contribution >= 0.6 is 0 Å². The van der Waals surface area contributed by atoms with Crippen molar-refractivity contribution in [2.24, 2.45) is 0 Å². The summed E-state index contributed by atoms with van der Waals surface area (Å²) in [6, 6.07) is 68.4. The van der Waals surface area contributed by atoms with Gasteiger partial charge < -0.3 is 31.1 Å². The standard InChI is InChI=1S/C61H52N4O7/c66-55(64-60(42-23-7-1-8-24-42,43-25-9-2-10-26-43)44-27-11-3-12-28-44)39-53(63-59(71)72-41-52-50-37-21-19-35-48(50)49-36-20-22-38-51(49)52)57(68)62-54(58(69)70)40-56(67)65-61(45-29-13-4-14-30-45,46-31-15-5-16-32-46)47-33-17-6-18-34-47/h1-38,52-54H,39-41H2,(H,62,68)(H,63,71)(H,64,66)(H,65,67)(H,69,70)/t53-,54-/m0/s1. The van der Waals surface area contributed by atoms with E-state index < -0.39 is 65.8 Å². The summed E-state index contributed by atoms with van der Waals surface area (Å²) in [4.78, 5) is 71.1. The van der Waals surface area contributed by atoms with Gasteiger partial charge in [0, 0.05) is 5.92 Å². The van der Waals surface area contributed by atoms with Crippen molar-refractivity contribution >= 4 is 29.8 Å². The Morgan fingerprint density at radius 2 is 0.722 bits per heavy atom. The van der Waals surface area contributed by atoms with Gasteiger partial charge in [-0.3, -0.25) is 14.4 Å². The fourth-order valence-corrected chi connectivity index (χ4v) is 9.92. The summed E-state index contributed by atoms with van der Waals surface area (Å²) < 4.78 is 5.87. The number of nitrogens with one attached hydrogen (secondary N) is 4. The van der Waals surface area contributed by atoms with Crippen molar-refractivity contribution in [3.8, 4) is 11.1 Å². The Hall–Kier alpha value is -9.09. The lowest BCUT2D eigenvalue weighted by Crippen LogP contribution is -2.56. The molecular weight excluding hydrogens is 901 g/mol. The number of carboxylic acids is 1. The number of aliphatic carboxylic acids is 1. The minimum atomic E-state index is -1.80. The van der Waals surface area contributed by atoms with Gasteiger partial charge in [-0.2, -0.15) is 0 Å². The number of hydrogen-bond donors (Lipinski definition) is 5. The summed E-state index contributed by atoms with van der Waals surface area (Å²) in [5, 5.41) is 22.1. The van der Waals surface area contributed by atoms with Gasteiger partial charge in [0.2, 0.25) is 17.7 Å². The van der Waals surface area contributed by atoms with Gasteiger partial charge in [0.15, 0.2) is 0 Å². The normalized spacial score (nSPS) is 12.8. The van der Waals surface area contributed by atoms with Crippen LogP contribution in [0.2, 0.25) is 0 Å². The van der Waals surface area contributed by atoms with Crippen LogP contribution in [0.4, 0.5) is 4.79 Å².